The fourth-order valence-electron chi connectivity index (χ4n) is 4.29. The second kappa shape index (κ2) is 11.2. The van der Waals surface area contributed by atoms with Crippen LogP contribution >= 0.6 is 0 Å². The topological polar surface area (TPSA) is 85.8 Å². The third-order valence-electron chi connectivity index (χ3n) is 6.34. The number of pyridine rings is 1. The first-order valence-corrected chi connectivity index (χ1v) is 15.0. The van der Waals surface area contributed by atoms with Crippen molar-refractivity contribution >= 4 is 37.6 Å². The van der Waals surface area contributed by atoms with Crippen molar-refractivity contribution < 1.29 is 17.7 Å². The van der Waals surface area contributed by atoms with E-state index >= 15 is 0 Å². The van der Waals surface area contributed by atoms with Crippen molar-refractivity contribution in [3.8, 4) is 5.75 Å². The Bertz CT molecular complexity index is 1260. The summed E-state index contributed by atoms with van der Waals surface area (Å²) in [7, 11) is -1.78. The van der Waals surface area contributed by atoms with Crippen LogP contribution in [0.5, 0.6) is 5.75 Å². The van der Waals surface area contributed by atoms with Crippen LogP contribution in [0.1, 0.15) is 26.2 Å². The normalized spacial score (nSPS) is 16.3. The van der Waals surface area contributed by atoms with Crippen molar-refractivity contribution in [3.05, 3.63) is 48.7 Å². The molecule has 1 atom stereocenters. The van der Waals surface area contributed by atoms with Crippen LogP contribution in [0.4, 0.5) is 5.69 Å². The quantitative estimate of drug-likeness (QED) is 0.329. The Morgan fingerprint density at radius 1 is 1.09 bits per heavy atom. The zero-order valence-corrected chi connectivity index (χ0v) is 22.2. The van der Waals surface area contributed by atoms with E-state index in [4.69, 9.17) is 4.74 Å². The van der Waals surface area contributed by atoms with Gasteiger partial charge < -0.3 is 19.1 Å². The van der Waals surface area contributed by atoms with E-state index in [9.17, 15) is 13.0 Å². The number of fused-ring (bicyclic) bond motifs is 1. The van der Waals surface area contributed by atoms with Crippen LogP contribution in [0.25, 0.3) is 10.9 Å². The van der Waals surface area contributed by atoms with Gasteiger partial charge in [-0.15, -0.1) is 0 Å². The van der Waals surface area contributed by atoms with Gasteiger partial charge in [0.1, 0.15) is 16.9 Å². The highest BCUT2D eigenvalue weighted by molar-refractivity contribution is 7.91. The predicted octanol–water partition coefficient (Wildman–Crippen LogP) is 4.13. The lowest BCUT2D eigenvalue weighted by atomic mass is 10.1. The van der Waals surface area contributed by atoms with E-state index in [1.807, 2.05) is 12.1 Å². The van der Waals surface area contributed by atoms with Gasteiger partial charge in [0.05, 0.1) is 22.7 Å². The molecule has 0 amide bonds. The lowest BCUT2D eigenvalue weighted by Gasteiger charge is -2.27. The fraction of sp³-hybridized carbons (Fsp3) is 0.423. The number of likely N-dealkylation sites (N-methyl/N-ethyl adjacent to an activating group) is 1. The number of nitrogens with zero attached hydrogens (tertiary/aromatic N) is 3. The molecule has 0 spiro atoms. The number of sulfone groups is 1. The first-order chi connectivity index (χ1) is 16.8. The van der Waals surface area contributed by atoms with Gasteiger partial charge in [-0.05, 0) is 74.0 Å². The zero-order chi connectivity index (χ0) is 25.0. The number of anilines is 1. The highest BCUT2D eigenvalue weighted by atomic mass is 32.2. The Morgan fingerprint density at radius 2 is 1.86 bits per heavy atom. The monoisotopic (exact) mass is 515 g/mol. The molecule has 4 rings (SSSR count). The minimum Gasteiger partial charge on any atom is -0.612 e. The van der Waals surface area contributed by atoms with Gasteiger partial charge in [0.15, 0.2) is 4.90 Å². The largest absolute Gasteiger partial charge is 0.612 e. The molecule has 3 aromatic rings. The number of unbranched alkanes of at least 4 members (excludes halogenated alkanes) is 1. The second-order valence-electron chi connectivity index (χ2n) is 8.92. The lowest BCUT2D eigenvalue weighted by Crippen LogP contribution is -2.30. The summed E-state index contributed by atoms with van der Waals surface area (Å²) in [5, 5.41) is 0.711. The van der Waals surface area contributed by atoms with E-state index in [1.54, 1.807) is 36.6 Å². The molecule has 0 radical (unpaired) electrons. The Balaban J connectivity index is 1.82. The maximum absolute atomic E-state index is 13.9. The molecule has 35 heavy (non-hydrogen) atoms. The van der Waals surface area contributed by atoms with Gasteiger partial charge >= 0.3 is 0 Å². The van der Waals surface area contributed by atoms with Crippen molar-refractivity contribution in [2.24, 2.45) is 0 Å². The summed E-state index contributed by atoms with van der Waals surface area (Å²) in [6.45, 7) is 5.90. The van der Waals surface area contributed by atoms with Gasteiger partial charge in [0.2, 0.25) is 9.84 Å². The fourth-order valence-corrected chi connectivity index (χ4v) is 6.26. The molecule has 2 aromatic carbocycles. The summed E-state index contributed by atoms with van der Waals surface area (Å²) in [5.41, 5.74) is 1.33. The third-order valence-corrected chi connectivity index (χ3v) is 9.02. The molecular weight excluding hydrogens is 482 g/mol. The van der Waals surface area contributed by atoms with E-state index in [-0.39, 0.29) is 9.79 Å². The molecule has 0 aliphatic carbocycles. The molecule has 1 aliphatic heterocycles. The molecule has 1 fully saturated rings. The summed E-state index contributed by atoms with van der Waals surface area (Å²) in [6, 6.07) is 12.0. The number of hydrogen-bond acceptors (Lipinski definition) is 7. The van der Waals surface area contributed by atoms with E-state index < -0.39 is 21.0 Å². The number of ether oxygens (including phenoxy) is 1. The van der Waals surface area contributed by atoms with Gasteiger partial charge in [-0.25, -0.2) is 8.42 Å². The molecule has 9 heteroatoms. The first kappa shape index (κ1) is 25.8. The average Bonchev–Trinajstić information content (AvgIpc) is 3.07. The minimum atomic E-state index is -3.86. The molecule has 188 valence electrons. The van der Waals surface area contributed by atoms with Crippen molar-refractivity contribution in [2.45, 2.75) is 40.9 Å². The molecular formula is C26H33N3O4S2. The number of aromatic nitrogens is 1. The molecule has 0 bridgehead atoms. The van der Waals surface area contributed by atoms with E-state index in [0.717, 1.165) is 38.9 Å². The molecule has 7 nitrogen and oxygen atoms in total. The molecule has 0 saturated carbocycles. The second-order valence-corrected chi connectivity index (χ2v) is 12.2. The smallest absolute Gasteiger partial charge is 0.210 e. The number of rotatable bonds is 8. The molecule has 0 N–H and O–H groups in total. The van der Waals surface area contributed by atoms with Crippen LogP contribution in [0.2, 0.25) is 0 Å². The van der Waals surface area contributed by atoms with Gasteiger partial charge in [-0.3, -0.25) is 4.98 Å². The summed E-state index contributed by atoms with van der Waals surface area (Å²) in [5.74, 6) is 0.653. The zero-order valence-electron chi connectivity index (χ0n) is 20.6. The predicted molar refractivity (Wildman–Crippen MR) is 141 cm³/mol. The highest BCUT2D eigenvalue weighted by Gasteiger charge is 2.28. The summed E-state index contributed by atoms with van der Waals surface area (Å²) >= 11 is -1.20. The van der Waals surface area contributed by atoms with E-state index in [2.05, 4.69) is 28.8 Å². The Kier molecular flexibility index (Phi) is 8.21. The summed E-state index contributed by atoms with van der Waals surface area (Å²) in [6.07, 6.45) is 5.99. The summed E-state index contributed by atoms with van der Waals surface area (Å²) < 4.78 is 45.8. The van der Waals surface area contributed by atoms with Crippen LogP contribution in [0.3, 0.4) is 0 Å². The molecule has 1 aliphatic rings. The van der Waals surface area contributed by atoms with Crippen LogP contribution in [-0.2, 0) is 21.0 Å². The van der Waals surface area contributed by atoms with E-state index in [1.165, 1.54) is 6.20 Å². The van der Waals surface area contributed by atoms with Gasteiger partial charge in [0.25, 0.3) is 0 Å². The van der Waals surface area contributed by atoms with Crippen LogP contribution < -0.4 is 9.64 Å². The maximum Gasteiger partial charge on any atom is 0.210 e. The maximum atomic E-state index is 13.9. The van der Waals surface area contributed by atoms with Gasteiger partial charge in [0, 0.05) is 37.3 Å². The van der Waals surface area contributed by atoms with Crippen LogP contribution in [0, 0.1) is 0 Å². The Morgan fingerprint density at radius 3 is 2.57 bits per heavy atom. The van der Waals surface area contributed by atoms with Crippen molar-refractivity contribution in [1.29, 1.82) is 0 Å². The van der Waals surface area contributed by atoms with Crippen LogP contribution in [0.15, 0.2) is 63.3 Å². The van der Waals surface area contributed by atoms with Gasteiger partial charge in [-0.1, -0.05) is 13.3 Å². The minimum absolute atomic E-state index is 0.174. The van der Waals surface area contributed by atoms with Crippen molar-refractivity contribution in [1.82, 2.24) is 9.88 Å². The SMILES string of the molecule is CCCCOc1ccc(S(=O)(=O)c2cnc3ccc([S+](C)[O-])cc3c2N2CCCN(C)CC2)cc1. The summed E-state index contributed by atoms with van der Waals surface area (Å²) in [4.78, 5) is 9.91. The Hall–Kier alpha value is -2.33. The van der Waals surface area contributed by atoms with Crippen molar-refractivity contribution in [2.75, 3.05) is 51.0 Å². The molecule has 2 heterocycles. The van der Waals surface area contributed by atoms with E-state index in [0.29, 0.717) is 40.4 Å². The van der Waals surface area contributed by atoms with Gasteiger partial charge in [-0.2, -0.15) is 0 Å². The first-order valence-electron chi connectivity index (χ1n) is 12.0. The highest BCUT2D eigenvalue weighted by Crippen LogP contribution is 2.37. The molecule has 1 saturated heterocycles. The lowest BCUT2D eigenvalue weighted by molar-refractivity contribution is 0.309. The molecule has 1 unspecified atom stereocenters. The average molecular weight is 516 g/mol. The third kappa shape index (κ3) is 5.74. The number of benzene rings is 2. The number of hydrogen-bond donors (Lipinski definition) is 0. The molecule has 1 aromatic heterocycles. The standard InChI is InChI=1S/C26H33N3O4S2/c1-4-5-17-33-20-7-10-22(11-8-20)35(31,32)25-19-27-24-12-9-21(34(3)30)18-23(24)26(25)29-14-6-13-28(2)15-16-29/h7-12,18-19H,4-6,13-17H2,1-3H3. The van der Waals surface area contributed by atoms with Crippen LogP contribution in [-0.4, -0.2) is 68.9 Å². The Labute approximate surface area is 211 Å². The van der Waals surface area contributed by atoms with Crippen molar-refractivity contribution in [3.63, 3.8) is 0 Å².